The van der Waals surface area contributed by atoms with Gasteiger partial charge in [0.05, 0.1) is 5.52 Å². The normalized spacial score (nSPS) is 14.3. The van der Waals surface area contributed by atoms with Crippen LogP contribution >= 0.6 is 0 Å². The van der Waals surface area contributed by atoms with Gasteiger partial charge in [-0.15, -0.1) is 0 Å². The number of rotatable bonds is 4. The Morgan fingerprint density at radius 2 is 2.05 bits per heavy atom. The molecule has 1 aliphatic rings. The van der Waals surface area contributed by atoms with Crippen LogP contribution in [0.5, 0.6) is 0 Å². The van der Waals surface area contributed by atoms with Crippen molar-refractivity contribution in [3.05, 3.63) is 39.7 Å². The third kappa shape index (κ3) is 2.36. The van der Waals surface area contributed by atoms with Crippen LogP contribution in [-0.4, -0.2) is 29.7 Å². The number of carboxylic acid groups (broad SMARTS) is 1. The molecule has 0 radical (unpaired) electrons. The van der Waals surface area contributed by atoms with Gasteiger partial charge in [-0.25, -0.2) is 4.79 Å². The summed E-state index contributed by atoms with van der Waals surface area (Å²) >= 11 is 0. The smallest absolute Gasteiger partial charge is 0.352 e. The van der Waals surface area contributed by atoms with Crippen molar-refractivity contribution >= 4 is 22.6 Å². The Kier molecular flexibility index (Phi) is 3.43. The second kappa shape index (κ2) is 5.16. The zero-order valence-corrected chi connectivity index (χ0v) is 13.1. The monoisotopic (exact) mass is 300 g/mol. The van der Waals surface area contributed by atoms with Gasteiger partial charge in [-0.05, 0) is 43.9 Å². The standard InChI is InChI=1S/C17H20N2O3/c1-10-15(17(21)22)19(9-11-4-5-11)14-7-6-12(18(2)3)8-13(14)16(10)20/h6-8,11H,4-5,9H2,1-3H3,(H,21,22). The summed E-state index contributed by atoms with van der Waals surface area (Å²) in [6, 6.07) is 5.63. The van der Waals surface area contributed by atoms with E-state index in [0.717, 1.165) is 18.5 Å². The Bertz CT molecular complexity index is 817. The molecule has 0 saturated heterocycles. The first-order valence-electron chi connectivity index (χ1n) is 7.48. The lowest BCUT2D eigenvalue weighted by Gasteiger charge is -2.19. The van der Waals surface area contributed by atoms with Gasteiger partial charge in [0, 0.05) is 37.3 Å². The number of carboxylic acids is 1. The Labute approximate surface area is 128 Å². The number of aromatic carboxylic acids is 1. The van der Waals surface area contributed by atoms with Crippen molar-refractivity contribution in [1.82, 2.24) is 4.57 Å². The van der Waals surface area contributed by atoms with Crippen molar-refractivity contribution in [2.45, 2.75) is 26.3 Å². The third-order valence-corrected chi connectivity index (χ3v) is 4.34. The van der Waals surface area contributed by atoms with Crippen LogP contribution < -0.4 is 10.3 Å². The molecular weight excluding hydrogens is 280 g/mol. The van der Waals surface area contributed by atoms with Crippen molar-refractivity contribution in [2.75, 3.05) is 19.0 Å². The molecule has 1 heterocycles. The summed E-state index contributed by atoms with van der Waals surface area (Å²) in [6.45, 7) is 2.28. The number of hydrogen-bond donors (Lipinski definition) is 1. The zero-order valence-electron chi connectivity index (χ0n) is 13.1. The maximum atomic E-state index is 12.6. The van der Waals surface area contributed by atoms with E-state index in [-0.39, 0.29) is 11.1 Å². The summed E-state index contributed by atoms with van der Waals surface area (Å²) in [5.74, 6) is -0.509. The van der Waals surface area contributed by atoms with Crippen LogP contribution in [0.15, 0.2) is 23.0 Å². The molecule has 0 unspecified atom stereocenters. The highest BCUT2D eigenvalue weighted by Gasteiger charge is 2.26. The third-order valence-electron chi connectivity index (χ3n) is 4.34. The number of fused-ring (bicyclic) bond motifs is 1. The van der Waals surface area contributed by atoms with Gasteiger partial charge in [0.1, 0.15) is 5.69 Å². The summed E-state index contributed by atoms with van der Waals surface area (Å²) in [4.78, 5) is 26.2. The highest BCUT2D eigenvalue weighted by atomic mass is 16.4. The van der Waals surface area contributed by atoms with E-state index in [0.29, 0.717) is 28.9 Å². The lowest BCUT2D eigenvalue weighted by atomic mass is 10.1. The molecule has 1 aromatic heterocycles. The number of pyridine rings is 1. The first-order chi connectivity index (χ1) is 10.4. The van der Waals surface area contributed by atoms with Crippen LogP contribution in [0.4, 0.5) is 5.69 Å². The van der Waals surface area contributed by atoms with Crippen LogP contribution in [-0.2, 0) is 6.54 Å². The highest BCUT2D eigenvalue weighted by molar-refractivity contribution is 5.93. The van der Waals surface area contributed by atoms with Gasteiger partial charge in [-0.3, -0.25) is 4.79 Å². The minimum atomic E-state index is -1.03. The zero-order chi connectivity index (χ0) is 16.0. The summed E-state index contributed by atoms with van der Waals surface area (Å²) in [5, 5.41) is 10.1. The van der Waals surface area contributed by atoms with Crippen LogP contribution in [0, 0.1) is 12.8 Å². The van der Waals surface area contributed by atoms with Gasteiger partial charge in [0.2, 0.25) is 0 Å². The lowest BCUT2D eigenvalue weighted by Crippen LogP contribution is -2.23. The second-order valence-corrected chi connectivity index (χ2v) is 6.26. The first-order valence-corrected chi connectivity index (χ1v) is 7.48. The summed E-state index contributed by atoms with van der Waals surface area (Å²) in [6.07, 6.45) is 2.25. The van der Waals surface area contributed by atoms with E-state index in [1.54, 1.807) is 6.92 Å². The summed E-state index contributed by atoms with van der Waals surface area (Å²) < 4.78 is 1.81. The van der Waals surface area contributed by atoms with Gasteiger partial charge >= 0.3 is 5.97 Å². The van der Waals surface area contributed by atoms with Gasteiger partial charge in [0.25, 0.3) is 0 Å². The van der Waals surface area contributed by atoms with E-state index >= 15 is 0 Å². The molecule has 3 rings (SSSR count). The van der Waals surface area contributed by atoms with E-state index in [2.05, 4.69) is 0 Å². The predicted octanol–water partition coefficient (Wildman–Crippen LogP) is 2.48. The van der Waals surface area contributed by atoms with Gasteiger partial charge in [-0.2, -0.15) is 0 Å². The fourth-order valence-corrected chi connectivity index (χ4v) is 2.88. The Balaban J connectivity index is 2.35. The van der Waals surface area contributed by atoms with E-state index in [1.165, 1.54) is 0 Å². The maximum Gasteiger partial charge on any atom is 0.352 e. The van der Waals surface area contributed by atoms with E-state index in [1.807, 2.05) is 41.8 Å². The predicted molar refractivity (Wildman–Crippen MR) is 87.0 cm³/mol. The first kappa shape index (κ1) is 14.6. The number of anilines is 1. The molecule has 116 valence electrons. The van der Waals surface area contributed by atoms with E-state index < -0.39 is 5.97 Å². The molecule has 5 nitrogen and oxygen atoms in total. The molecule has 1 saturated carbocycles. The van der Waals surface area contributed by atoms with Gasteiger partial charge in [-0.1, -0.05) is 0 Å². The maximum absolute atomic E-state index is 12.6. The fourth-order valence-electron chi connectivity index (χ4n) is 2.88. The second-order valence-electron chi connectivity index (χ2n) is 6.26. The number of benzene rings is 1. The van der Waals surface area contributed by atoms with Gasteiger partial charge in [0.15, 0.2) is 5.43 Å². The molecule has 0 atom stereocenters. The minimum Gasteiger partial charge on any atom is -0.477 e. The average Bonchev–Trinajstić information content (AvgIpc) is 3.27. The summed E-state index contributed by atoms with van der Waals surface area (Å²) in [5.41, 5.74) is 1.90. The number of hydrogen-bond acceptors (Lipinski definition) is 3. The average molecular weight is 300 g/mol. The molecule has 1 fully saturated rings. The Hall–Kier alpha value is -2.30. The molecule has 1 N–H and O–H groups in total. The molecule has 2 aromatic rings. The molecule has 0 aliphatic heterocycles. The lowest BCUT2D eigenvalue weighted by molar-refractivity contribution is 0.0683. The quantitative estimate of drug-likeness (QED) is 0.942. The Morgan fingerprint density at radius 3 is 2.59 bits per heavy atom. The highest BCUT2D eigenvalue weighted by Crippen LogP contribution is 2.33. The van der Waals surface area contributed by atoms with Crippen molar-refractivity contribution in [2.24, 2.45) is 5.92 Å². The van der Waals surface area contributed by atoms with E-state index in [9.17, 15) is 14.7 Å². The minimum absolute atomic E-state index is 0.127. The molecule has 5 heteroatoms. The van der Waals surface area contributed by atoms with Crippen LogP contribution in [0.3, 0.4) is 0 Å². The van der Waals surface area contributed by atoms with Crippen LogP contribution in [0.25, 0.3) is 10.9 Å². The topological polar surface area (TPSA) is 62.5 Å². The molecule has 0 bridgehead atoms. The number of nitrogens with zero attached hydrogens (tertiary/aromatic N) is 2. The Morgan fingerprint density at radius 1 is 1.36 bits per heavy atom. The van der Waals surface area contributed by atoms with Crippen molar-refractivity contribution in [3.8, 4) is 0 Å². The molecule has 0 spiro atoms. The number of carbonyl (C=O) groups is 1. The molecule has 1 aromatic carbocycles. The van der Waals surface area contributed by atoms with Crippen molar-refractivity contribution < 1.29 is 9.90 Å². The van der Waals surface area contributed by atoms with Crippen molar-refractivity contribution in [1.29, 1.82) is 0 Å². The van der Waals surface area contributed by atoms with E-state index in [4.69, 9.17) is 0 Å². The molecule has 22 heavy (non-hydrogen) atoms. The number of aromatic nitrogens is 1. The SMILES string of the molecule is Cc1c(C(=O)O)n(CC2CC2)c2ccc(N(C)C)cc2c1=O. The largest absolute Gasteiger partial charge is 0.477 e. The van der Waals surface area contributed by atoms with Gasteiger partial charge < -0.3 is 14.6 Å². The fraction of sp³-hybridized carbons (Fsp3) is 0.412. The molecule has 0 amide bonds. The van der Waals surface area contributed by atoms with Crippen LogP contribution in [0.2, 0.25) is 0 Å². The molecular formula is C17H20N2O3. The summed E-state index contributed by atoms with van der Waals surface area (Å²) in [7, 11) is 3.84. The van der Waals surface area contributed by atoms with Crippen LogP contribution in [0.1, 0.15) is 28.9 Å². The van der Waals surface area contributed by atoms with Crippen molar-refractivity contribution in [3.63, 3.8) is 0 Å². The molecule has 1 aliphatic carbocycles.